The van der Waals surface area contributed by atoms with Crippen molar-refractivity contribution in [2.75, 3.05) is 0 Å². The molecule has 0 aliphatic carbocycles. The Labute approximate surface area is 163 Å². The number of hydrogen-bond donors (Lipinski definition) is 1. The fourth-order valence-electron chi connectivity index (χ4n) is 3.40. The lowest BCUT2D eigenvalue weighted by Crippen LogP contribution is -2.39. The second kappa shape index (κ2) is 6.28. The van der Waals surface area contributed by atoms with Gasteiger partial charge in [-0.25, -0.2) is 0 Å². The molecule has 1 aromatic carbocycles. The van der Waals surface area contributed by atoms with Gasteiger partial charge in [-0.05, 0) is 49.6 Å². The van der Waals surface area contributed by atoms with Crippen LogP contribution < -0.4 is 0 Å². The number of aryl methyl sites for hydroxylation is 3. The molecule has 0 saturated carbocycles. The zero-order valence-corrected chi connectivity index (χ0v) is 15.8. The van der Waals surface area contributed by atoms with Crippen molar-refractivity contribution in [2.45, 2.75) is 38.5 Å². The SMILES string of the molecule is Cc1nnc2n1-c1c(Cl)cc(-c3cncc([C@](C)(O)C(F)(F)F)c3)cc1CC2. The molecule has 0 bridgehead atoms. The van der Waals surface area contributed by atoms with Gasteiger partial charge in [0.1, 0.15) is 11.6 Å². The van der Waals surface area contributed by atoms with Crippen molar-refractivity contribution in [2.24, 2.45) is 0 Å². The number of fused-ring (bicyclic) bond motifs is 3. The predicted molar refractivity (Wildman–Crippen MR) is 97.4 cm³/mol. The first kappa shape index (κ1) is 18.9. The van der Waals surface area contributed by atoms with Crippen LogP contribution in [0.2, 0.25) is 5.02 Å². The molecule has 0 unspecified atom stereocenters. The summed E-state index contributed by atoms with van der Waals surface area (Å²) in [5.41, 5.74) is -0.513. The molecule has 1 atom stereocenters. The molecule has 4 rings (SSSR count). The molecule has 0 saturated heterocycles. The van der Waals surface area contributed by atoms with Gasteiger partial charge in [0.05, 0.1) is 10.7 Å². The number of hydrogen-bond acceptors (Lipinski definition) is 4. The van der Waals surface area contributed by atoms with Crippen molar-refractivity contribution in [3.8, 4) is 16.8 Å². The maximum absolute atomic E-state index is 13.2. The zero-order chi connectivity index (χ0) is 20.3. The van der Waals surface area contributed by atoms with E-state index >= 15 is 0 Å². The molecule has 2 aromatic heterocycles. The number of nitrogens with zero attached hydrogens (tertiary/aromatic N) is 4. The van der Waals surface area contributed by atoms with E-state index in [-0.39, 0.29) is 5.56 Å². The summed E-state index contributed by atoms with van der Waals surface area (Å²) < 4.78 is 41.4. The topological polar surface area (TPSA) is 63.8 Å². The Morgan fingerprint density at radius 2 is 1.82 bits per heavy atom. The van der Waals surface area contributed by atoms with Gasteiger partial charge in [-0.1, -0.05) is 11.6 Å². The van der Waals surface area contributed by atoms with E-state index in [9.17, 15) is 18.3 Å². The highest BCUT2D eigenvalue weighted by molar-refractivity contribution is 6.33. The molecule has 0 spiro atoms. The van der Waals surface area contributed by atoms with Crippen molar-refractivity contribution in [3.05, 3.63) is 58.4 Å². The van der Waals surface area contributed by atoms with Gasteiger partial charge in [0.2, 0.25) is 0 Å². The first-order chi connectivity index (χ1) is 13.1. The van der Waals surface area contributed by atoms with Gasteiger partial charge in [0.15, 0.2) is 5.60 Å². The predicted octanol–water partition coefficient (Wildman–Crippen LogP) is 4.16. The van der Waals surface area contributed by atoms with Crippen LogP contribution in [0.3, 0.4) is 0 Å². The monoisotopic (exact) mass is 408 g/mol. The smallest absolute Gasteiger partial charge is 0.376 e. The number of halogens is 4. The summed E-state index contributed by atoms with van der Waals surface area (Å²) in [5, 5.41) is 18.6. The summed E-state index contributed by atoms with van der Waals surface area (Å²) in [4.78, 5) is 3.90. The molecule has 1 aliphatic heterocycles. The third-order valence-electron chi connectivity index (χ3n) is 5.06. The Bertz CT molecular complexity index is 1080. The average Bonchev–Trinajstić information content (AvgIpc) is 3.02. The molecule has 3 heterocycles. The maximum atomic E-state index is 13.2. The Balaban J connectivity index is 1.82. The molecule has 3 aromatic rings. The molecule has 0 fully saturated rings. The van der Waals surface area contributed by atoms with Gasteiger partial charge in [0.25, 0.3) is 0 Å². The van der Waals surface area contributed by atoms with E-state index in [1.807, 2.05) is 17.6 Å². The molecule has 146 valence electrons. The molecule has 9 heteroatoms. The normalized spacial score (nSPS) is 15.7. The minimum atomic E-state index is -4.82. The lowest BCUT2D eigenvalue weighted by molar-refractivity contribution is -0.259. The first-order valence-corrected chi connectivity index (χ1v) is 8.96. The third-order valence-corrected chi connectivity index (χ3v) is 5.35. The van der Waals surface area contributed by atoms with Gasteiger partial charge in [-0.15, -0.1) is 10.2 Å². The van der Waals surface area contributed by atoms with E-state index in [0.717, 1.165) is 29.1 Å². The largest absolute Gasteiger partial charge is 0.421 e. The molecular formula is C19H16ClF3N4O. The summed E-state index contributed by atoms with van der Waals surface area (Å²) in [5.74, 6) is 1.54. The van der Waals surface area contributed by atoms with E-state index in [2.05, 4.69) is 15.2 Å². The fourth-order valence-corrected chi connectivity index (χ4v) is 3.72. The standard InChI is InChI=1S/C19H16ClF3N4O/c1-10-25-26-16-4-3-11-5-12(7-15(20)17(11)27(10)16)13-6-14(9-24-8-13)18(2,28)19(21,22)23/h5-9,28H,3-4H2,1-2H3/t18-/m0/s1. The molecule has 0 amide bonds. The number of alkyl halides is 3. The Hall–Kier alpha value is -2.45. The minimum Gasteiger partial charge on any atom is -0.376 e. The summed E-state index contributed by atoms with van der Waals surface area (Å²) in [6.45, 7) is 2.55. The van der Waals surface area contributed by atoms with Crippen molar-refractivity contribution in [1.29, 1.82) is 0 Å². The van der Waals surface area contributed by atoms with Crippen molar-refractivity contribution in [3.63, 3.8) is 0 Å². The summed E-state index contributed by atoms with van der Waals surface area (Å²) in [6, 6.07) is 4.85. The lowest BCUT2D eigenvalue weighted by atomic mass is 9.93. The first-order valence-electron chi connectivity index (χ1n) is 8.58. The molecular weight excluding hydrogens is 393 g/mol. The van der Waals surface area contributed by atoms with E-state index in [1.165, 1.54) is 12.3 Å². The molecule has 28 heavy (non-hydrogen) atoms. The Morgan fingerprint density at radius 3 is 2.54 bits per heavy atom. The number of rotatable bonds is 2. The van der Waals surface area contributed by atoms with Crippen LogP contribution in [-0.4, -0.2) is 31.0 Å². The minimum absolute atomic E-state index is 0.330. The maximum Gasteiger partial charge on any atom is 0.421 e. The van der Waals surface area contributed by atoms with Crippen LogP contribution in [0.1, 0.15) is 29.7 Å². The van der Waals surface area contributed by atoms with Gasteiger partial charge < -0.3 is 5.11 Å². The van der Waals surface area contributed by atoms with Crippen LogP contribution in [0.15, 0.2) is 30.6 Å². The van der Waals surface area contributed by atoms with Crippen LogP contribution in [-0.2, 0) is 18.4 Å². The lowest BCUT2D eigenvalue weighted by Gasteiger charge is -2.27. The quantitative estimate of drug-likeness (QED) is 0.691. The second-order valence-corrected chi connectivity index (χ2v) is 7.40. The summed E-state index contributed by atoms with van der Waals surface area (Å²) in [6.07, 6.45) is -0.970. The Morgan fingerprint density at radius 1 is 1.07 bits per heavy atom. The summed E-state index contributed by atoms with van der Waals surface area (Å²) >= 11 is 6.53. The van der Waals surface area contributed by atoms with Crippen molar-refractivity contribution < 1.29 is 18.3 Å². The van der Waals surface area contributed by atoms with E-state index < -0.39 is 11.8 Å². The average molecular weight is 409 g/mol. The van der Waals surface area contributed by atoms with E-state index in [0.29, 0.717) is 35.9 Å². The van der Waals surface area contributed by atoms with Gasteiger partial charge in [0, 0.05) is 29.9 Å². The van der Waals surface area contributed by atoms with Crippen LogP contribution in [0.4, 0.5) is 13.2 Å². The van der Waals surface area contributed by atoms with Crippen molar-refractivity contribution >= 4 is 11.6 Å². The number of aromatic nitrogens is 4. The highest BCUT2D eigenvalue weighted by Crippen LogP contribution is 2.40. The van der Waals surface area contributed by atoms with Crippen LogP contribution in [0.25, 0.3) is 16.8 Å². The number of pyridine rings is 1. The Kier molecular flexibility index (Phi) is 4.24. The highest BCUT2D eigenvalue weighted by atomic mass is 35.5. The number of benzene rings is 1. The van der Waals surface area contributed by atoms with E-state index in [4.69, 9.17) is 11.6 Å². The van der Waals surface area contributed by atoms with Crippen LogP contribution >= 0.6 is 11.6 Å². The molecule has 1 N–H and O–H groups in total. The number of aliphatic hydroxyl groups is 1. The fraction of sp³-hybridized carbons (Fsp3) is 0.316. The molecule has 5 nitrogen and oxygen atoms in total. The zero-order valence-electron chi connectivity index (χ0n) is 15.0. The third kappa shape index (κ3) is 2.87. The van der Waals surface area contributed by atoms with Crippen LogP contribution in [0.5, 0.6) is 0 Å². The molecule has 0 radical (unpaired) electrons. The second-order valence-electron chi connectivity index (χ2n) is 7.00. The van der Waals surface area contributed by atoms with Crippen molar-refractivity contribution in [1.82, 2.24) is 19.7 Å². The van der Waals surface area contributed by atoms with Crippen LogP contribution in [0, 0.1) is 6.92 Å². The van der Waals surface area contributed by atoms with Gasteiger partial charge in [-0.3, -0.25) is 9.55 Å². The summed E-state index contributed by atoms with van der Waals surface area (Å²) in [7, 11) is 0. The van der Waals surface area contributed by atoms with Gasteiger partial charge in [-0.2, -0.15) is 13.2 Å². The highest BCUT2D eigenvalue weighted by Gasteiger charge is 2.51. The van der Waals surface area contributed by atoms with E-state index in [1.54, 1.807) is 6.07 Å². The molecule has 1 aliphatic rings. The van der Waals surface area contributed by atoms with Gasteiger partial charge >= 0.3 is 6.18 Å².